The summed E-state index contributed by atoms with van der Waals surface area (Å²) >= 11 is 6.59. The van der Waals surface area contributed by atoms with E-state index in [2.05, 4.69) is 51.3 Å². The first-order valence-electron chi connectivity index (χ1n) is 13.4. The highest BCUT2D eigenvalue weighted by Crippen LogP contribution is 2.32. The van der Waals surface area contributed by atoms with Crippen LogP contribution >= 0.6 is 11.6 Å². The SMILES string of the molecule is Clc1cnc(N[C@H]2CC[C@H](NC[C@H]3CCCO3)CC2)cc1-c1cccc(NCC2CCOCC2)c1. The van der Waals surface area contributed by atoms with Gasteiger partial charge in [-0.25, -0.2) is 4.98 Å². The topological polar surface area (TPSA) is 67.4 Å². The van der Waals surface area contributed by atoms with Crippen molar-refractivity contribution in [2.24, 2.45) is 5.92 Å². The van der Waals surface area contributed by atoms with Gasteiger partial charge in [-0.05, 0) is 81.0 Å². The summed E-state index contributed by atoms with van der Waals surface area (Å²) in [5.74, 6) is 1.58. The zero-order chi connectivity index (χ0) is 23.9. The molecule has 1 atom stereocenters. The van der Waals surface area contributed by atoms with Crippen molar-refractivity contribution in [3.8, 4) is 11.1 Å². The molecule has 3 aliphatic rings. The first-order valence-corrected chi connectivity index (χ1v) is 13.8. The molecule has 2 saturated heterocycles. The molecule has 1 aromatic carbocycles. The van der Waals surface area contributed by atoms with Gasteiger partial charge in [-0.1, -0.05) is 23.7 Å². The predicted molar refractivity (Wildman–Crippen MR) is 143 cm³/mol. The van der Waals surface area contributed by atoms with Crippen LogP contribution in [0.15, 0.2) is 36.5 Å². The summed E-state index contributed by atoms with van der Waals surface area (Å²) in [6, 6.07) is 11.7. The second kappa shape index (κ2) is 12.4. The highest BCUT2D eigenvalue weighted by Gasteiger charge is 2.23. The summed E-state index contributed by atoms with van der Waals surface area (Å²) in [5, 5.41) is 11.7. The molecule has 0 bridgehead atoms. The van der Waals surface area contributed by atoms with Crippen molar-refractivity contribution >= 4 is 23.1 Å². The van der Waals surface area contributed by atoms with Crippen LogP contribution < -0.4 is 16.0 Å². The van der Waals surface area contributed by atoms with Gasteiger partial charge < -0.3 is 25.4 Å². The van der Waals surface area contributed by atoms with Crippen molar-refractivity contribution < 1.29 is 9.47 Å². The van der Waals surface area contributed by atoms with Gasteiger partial charge in [-0.3, -0.25) is 0 Å². The van der Waals surface area contributed by atoms with Gasteiger partial charge in [0, 0.05) is 62.4 Å². The summed E-state index contributed by atoms with van der Waals surface area (Å²) in [6.45, 7) is 4.66. The Labute approximate surface area is 214 Å². The lowest BCUT2D eigenvalue weighted by Crippen LogP contribution is -2.40. The second-order valence-electron chi connectivity index (χ2n) is 10.3. The van der Waals surface area contributed by atoms with Crippen LogP contribution in [-0.2, 0) is 9.47 Å². The predicted octanol–water partition coefficient (Wildman–Crippen LogP) is 5.73. The molecule has 35 heavy (non-hydrogen) atoms. The van der Waals surface area contributed by atoms with Gasteiger partial charge in [0.15, 0.2) is 0 Å². The maximum absolute atomic E-state index is 6.59. The third-order valence-corrected chi connectivity index (χ3v) is 8.00. The van der Waals surface area contributed by atoms with Crippen LogP contribution in [-0.4, -0.2) is 56.1 Å². The summed E-state index contributed by atoms with van der Waals surface area (Å²) < 4.78 is 11.2. The molecule has 0 amide bonds. The lowest BCUT2D eigenvalue weighted by Gasteiger charge is -2.30. The molecule has 1 aliphatic carbocycles. The standard InChI is InChI=1S/C28H39ClN4O2/c29-27-19-32-28(33-23-8-6-22(7-9-23)31-18-25-5-2-12-35-25)16-26(27)21-3-1-4-24(15-21)30-17-20-10-13-34-14-11-20/h1,3-4,15-16,19-20,22-23,25,30-31H,2,5-14,17-18H2,(H,32,33)/t22-,23-,25-/m1/s1. The minimum absolute atomic E-state index is 0.415. The van der Waals surface area contributed by atoms with E-state index in [0.717, 1.165) is 81.2 Å². The average Bonchev–Trinajstić information content (AvgIpc) is 3.43. The van der Waals surface area contributed by atoms with Gasteiger partial charge in [-0.15, -0.1) is 0 Å². The Morgan fingerprint density at radius 1 is 0.914 bits per heavy atom. The van der Waals surface area contributed by atoms with Crippen molar-refractivity contribution in [2.45, 2.75) is 69.6 Å². The van der Waals surface area contributed by atoms with E-state index in [9.17, 15) is 0 Å². The lowest BCUT2D eigenvalue weighted by atomic mass is 9.91. The zero-order valence-electron chi connectivity index (χ0n) is 20.6. The van der Waals surface area contributed by atoms with Crippen molar-refractivity contribution in [3.63, 3.8) is 0 Å². The number of rotatable bonds is 9. The molecule has 1 aromatic heterocycles. The maximum Gasteiger partial charge on any atom is 0.126 e. The molecule has 0 unspecified atom stereocenters. The Hall–Kier alpha value is -1.86. The zero-order valence-corrected chi connectivity index (χ0v) is 21.4. The monoisotopic (exact) mass is 498 g/mol. The summed E-state index contributed by atoms with van der Waals surface area (Å²) in [6.07, 6.45) is 11.5. The van der Waals surface area contributed by atoms with Crippen molar-refractivity contribution in [2.75, 3.05) is 43.5 Å². The smallest absolute Gasteiger partial charge is 0.126 e. The summed E-state index contributed by atoms with van der Waals surface area (Å²) in [5.41, 5.74) is 3.26. The number of nitrogens with zero attached hydrogens (tertiary/aromatic N) is 1. The van der Waals surface area contributed by atoms with Gasteiger partial charge in [0.05, 0.1) is 11.1 Å². The molecule has 0 radical (unpaired) electrons. The Kier molecular flexibility index (Phi) is 8.79. The van der Waals surface area contributed by atoms with E-state index in [1.807, 2.05) is 0 Å². The van der Waals surface area contributed by atoms with Crippen LogP contribution in [0.5, 0.6) is 0 Å². The first kappa shape index (κ1) is 24.8. The van der Waals surface area contributed by atoms with Crippen LogP contribution in [0, 0.1) is 5.92 Å². The first-order chi connectivity index (χ1) is 17.2. The van der Waals surface area contributed by atoms with E-state index >= 15 is 0 Å². The molecule has 2 aliphatic heterocycles. The third kappa shape index (κ3) is 7.10. The molecule has 6 nitrogen and oxygen atoms in total. The Balaban J connectivity index is 1.15. The number of halogens is 1. The van der Waals surface area contributed by atoms with Crippen LogP contribution in [0.1, 0.15) is 51.4 Å². The number of ether oxygens (including phenoxy) is 2. The molecule has 5 rings (SSSR count). The number of anilines is 2. The van der Waals surface area contributed by atoms with Crippen LogP contribution in [0.2, 0.25) is 5.02 Å². The molecule has 7 heteroatoms. The van der Waals surface area contributed by atoms with Crippen LogP contribution in [0.4, 0.5) is 11.5 Å². The average molecular weight is 499 g/mol. The summed E-state index contributed by atoms with van der Waals surface area (Å²) in [7, 11) is 0. The number of pyridine rings is 1. The fourth-order valence-electron chi connectivity index (χ4n) is 5.50. The fraction of sp³-hybridized carbons (Fsp3) is 0.607. The van der Waals surface area contributed by atoms with E-state index in [-0.39, 0.29) is 0 Å². The Morgan fingerprint density at radius 3 is 2.54 bits per heavy atom. The third-order valence-electron chi connectivity index (χ3n) is 7.70. The number of hydrogen-bond donors (Lipinski definition) is 3. The molecule has 3 N–H and O–H groups in total. The molecule has 3 heterocycles. The van der Waals surface area contributed by atoms with Gasteiger partial charge in [-0.2, -0.15) is 0 Å². The van der Waals surface area contributed by atoms with Gasteiger partial charge >= 0.3 is 0 Å². The van der Waals surface area contributed by atoms with Gasteiger partial charge in [0.25, 0.3) is 0 Å². The van der Waals surface area contributed by atoms with E-state index < -0.39 is 0 Å². The molecule has 1 saturated carbocycles. The van der Waals surface area contributed by atoms with Gasteiger partial charge in [0.1, 0.15) is 5.82 Å². The van der Waals surface area contributed by atoms with Crippen molar-refractivity contribution in [1.29, 1.82) is 0 Å². The molecule has 3 fully saturated rings. The Morgan fingerprint density at radius 2 is 1.74 bits per heavy atom. The van der Waals surface area contributed by atoms with Crippen LogP contribution in [0.3, 0.4) is 0 Å². The number of nitrogens with one attached hydrogen (secondary N) is 3. The fourth-order valence-corrected chi connectivity index (χ4v) is 5.72. The van der Waals surface area contributed by atoms with Crippen molar-refractivity contribution in [1.82, 2.24) is 10.3 Å². The number of aromatic nitrogens is 1. The normalized spacial score (nSPS) is 25.5. The highest BCUT2D eigenvalue weighted by molar-refractivity contribution is 6.33. The second-order valence-corrected chi connectivity index (χ2v) is 10.7. The number of benzene rings is 1. The maximum atomic E-state index is 6.59. The summed E-state index contributed by atoms with van der Waals surface area (Å²) in [4.78, 5) is 4.58. The van der Waals surface area contributed by atoms with E-state index in [0.29, 0.717) is 29.1 Å². The molecule has 190 valence electrons. The molecular formula is C28H39ClN4O2. The highest BCUT2D eigenvalue weighted by atomic mass is 35.5. The molecule has 2 aromatic rings. The van der Waals surface area contributed by atoms with Gasteiger partial charge in [0.2, 0.25) is 0 Å². The van der Waals surface area contributed by atoms with E-state index in [4.69, 9.17) is 21.1 Å². The van der Waals surface area contributed by atoms with Crippen LogP contribution in [0.25, 0.3) is 11.1 Å². The minimum Gasteiger partial charge on any atom is -0.385 e. The largest absolute Gasteiger partial charge is 0.385 e. The van der Waals surface area contributed by atoms with Crippen molar-refractivity contribution in [3.05, 3.63) is 41.6 Å². The quantitative estimate of drug-likeness (QED) is 0.410. The Bertz CT molecular complexity index is 938. The minimum atomic E-state index is 0.415. The van der Waals surface area contributed by atoms with E-state index in [1.54, 1.807) is 6.20 Å². The molecular weight excluding hydrogens is 460 g/mol. The van der Waals surface area contributed by atoms with E-state index in [1.165, 1.54) is 25.7 Å². The lowest BCUT2D eigenvalue weighted by molar-refractivity contribution is 0.0699. The number of hydrogen-bond acceptors (Lipinski definition) is 6. The molecule has 0 spiro atoms.